The Bertz CT molecular complexity index is 246. The van der Waals surface area contributed by atoms with Crippen molar-refractivity contribution >= 4 is 5.97 Å². The van der Waals surface area contributed by atoms with Crippen LogP contribution >= 0.6 is 0 Å². The van der Waals surface area contributed by atoms with Crippen molar-refractivity contribution in [2.45, 2.75) is 64.3 Å². The topological polar surface area (TPSA) is 58.6 Å². The summed E-state index contributed by atoms with van der Waals surface area (Å²) in [5.41, 5.74) is 0. The Balaban J connectivity index is 1.99. The summed E-state index contributed by atoms with van der Waals surface area (Å²) in [6, 6.07) is 0.490. The van der Waals surface area contributed by atoms with E-state index in [4.69, 9.17) is 4.74 Å². The Morgan fingerprint density at radius 1 is 1.26 bits per heavy atom. The Hall–Kier alpha value is -0.610. The van der Waals surface area contributed by atoms with E-state index in [1.54, 1.807) is 0 Å². The van der Waals surface area contributed by atoms with Crippen LogP contribution in [0.5, 0.6) is 0 Å². The fourth-order valence-corrected chi connectivity index (χ4v) is 2.79. The van der Waals surface area contributed by atoms with Gasteiger partial charge in [-0.2, -0.15) is 0 Å². The molecule has 2 N–H and O–H groups in total. The second-order valence-corrected chi connectivity index (χ2v) is 5.40. The van der Waals surface area contributed by atoms with Crippen molar-refractivity contribution in [3.8, 4) is 0 Å². The van der Waals surface area contributed by atoms with Crippen LogP contribution in [0, 0.1) is 5.92 Å². The van der Waals surface area contributed by atoms with Crippen LogP contribution in [0.4, 0.5) is 0 Å². The molecule has 0 heterocycles. The Kier molecular flexibility index (Phi) is 8.84. The van der Waals surface area contributed by atoms with E-state index in [2.05, 4.69) is 5.32 Å². The number of esters is 1. The molecule has 112 valence electrons. The van der Waals surface area contributed by atoms with Gasteiger partial charge in [-0.1, -0.05) is 19.3 Å². The molecule has 2 atom stereocenters. The van der Waals surface area contributed by atoms with Crippen molar-refractivity contribution in [1.82, 2.24) is 5.32 Å². The van der Waals surface area contributed by atoms with Gasteiger partial charge in [0.1, 0.15) is 0 Å². The number of ether oxygens (including phenoxy) is 1. The standard InChI is InChI=1S/C15H29NO3/c1-2-19-15(18)10-4-3-7-11-16-14-9-6-5-8-13(14)12-17/h13-14,16-17H,2-12H2,1H3. The normalized spacial score (nSPS) is 23.3. The van der Waals surface area contributed by atoms with Gasteiger partial charge in [0.05, 0.1) is 6.61 Å². The molecular formula is C15H29NO3. The third kappa shape index (κ3) is 6.92. The summed E-state index contributed by atoms with van der Waals surface area (Å²) in [7, 11) is 0. The summed E-state index contributed by atoms with van der Waals surface area (Å²) < 4.78 is 4.89. The summed E-state index contributed by atoms with van der Waals surface area (Å²) >= 11 is 0. The van der Waals surface area contributed by atoms with E-state index in [0.717, 1.165) is 32.2 Å². The van der Waals surface area contributed by atoms with Crippen LogP contribution in [-0.2, 0) is 9.53 Å². The molecule has 0 radical (unpaired) electrons. The molecule has 0 aromatic heterocycles. The molecule has 4 heteroatoms. The lowest BCUT2D eigenvalue weighted by atomic mass is 9.85. The lowest BCUT2D eigenvalue weighted by Gasteiger charge is -2.31. The molecule has 0 spiro atoms. The van der Waals surface area contributed by atoms with E-state index in [0.29, 0.717) is 31.6 Å². The molecule has 0 aliphatic heterocycles. The van der Waals surface area contributed by atoms with Gasteiger partial charge in [-0.3, -0.25) is 4.79 Å². The maximum Gasteiger partial charge on any atom is 0.305 e. The van der Waals surface area contributed by atoms with E-state index in [9.17, 15) is 9.90 Å². The first kappa shape index (κ1) is 16.4. The summed E-state index contributed by atoms with van der Waals surface area (Å²) in [6.07, 6.45) is 8.46. The molecule has 1 aliphatic rings. The van der Waals surface area contributed by atoms with Crippen LogP contribution in [0.1, 0.15) is 58.3 Å². The molecule has 0 bridgehead atoms. The molecule has 1 aliphatic carbocycles. The Morgan fingerprint density at radius 3 is 2.79 bits per heavy atom. The summed E-state index contributed by atoms with van der Waals surface area (Å²) in [6.45, 7) is 3.61. The average molecular weight is 271 g/mol. The van der Waals surface area contributed by atoms with Crippen LogP contribution in [-0.4, -0.2) is 36.9 Å². The average Bonchev–Trinajstić information content (AvgIpc) is 2.43. The van der Waals surface area contributed by atoms with E-state index in [1.807, 2.05) is 6.92 Å². The molecular weight excluding hydrogens is 242 g/mol. The molecule has 4 nitrogen and oxygen atoms in total. The maximum absolute atomic E-state index is 11.1. The largest absolute Gasteiger partial charge is 0.466 e. The van der Waals surface area contributed by atoms with Gasteiger partial charge in [-0.05, 0) is 45.1 Å². The molecule has 0 saturated heterocycles. The van der Waals surface area contributed by atoms with Gasteiger partial charge in [-0.15, -0.1) is 0 Å². The number of rotatable bonds is 9. The fraction of sp³-hybridized carbons (Fsp3) is 0.933. The summed E-state index contributed by atoms with van der Waals surface area (Å²) in [5, 5.41) is 12.9. The van der Waals surface area contributed by atoms with Crippen molar-refractivity contribution < 1.29 is 14.6 Å². The summed E-state index contributed by atoms with van der Waals surface area (Å²) in [5.74, 6) is 0.358. The lowest BCUT2D eigenvalue weighted by molar-refractivity contribution is -0.143. The van der Waals surface area contributed by atoms with Crippen molar-refractivity contribution in [2.24, 2.45) is 5.92 Å². The first-order valence-corrected chi connectivity index (χ1v) is 7.77. The molecule has 1 saturated carbocycles. The van der Waals surface area contributed by atoms with Crippen molar-refractivity contribution in [2.75, 3.05) is 19.8 Å². The zero-order valence-corrected chi connectivity index (χ0v) is 12.2. The van der Waals surface area contributed by atoms with E-state index in [-0.39, 0.29) is 5.97 Å². The van der Waals surface area contributed by atoms with Gasteiger partial charge in [0.15, 0.2) is 0 Å². The van der Waals surface area contributed by atoms with Crippen molar-refractivity contribution in [3.63, 3.8) is 0 Å². The second kappa shape index (κ2) is 10.2. The smallest absolute Gasteiger partial charge is 0.305 e. The van der Waals surface area contributed by atoms with Gasteiger partial charge in [0.2, 0.25) is 0 Å². The predicted molar refractivity (Wildman–Crippen MR) is 75.9 cm³/mol. The third-order valence-electron chi connectivity index (χ3n) is 3.91. The predicted octanol–water partition coefficient (Wildman–Crippen LogP) is 2.25. The molecule has 0 aromatic rings. The van der Waals surface area contributed by atoms with Gasteiger partial charge < -0.3 is 15.2 Å². The van der Waals surface area contributed by atoms with Crippen LogP contribution in [0.2, 0.25) is 0 Å². The number of aliphatic hydroxyl groups excluding tert-OH is 1. The van der Waals surface area contributed by atoms with Crippen LogP contribution in [0.25, 0.3) is 0 Å². The minimum atomic E-state index is -0.0805. The first-order chi connectivity index (χ1) is 9.27. The van der Waals surface area contributed by atoms with E-state index >= 15 is 0 Å². The highest BCUT2D eigenvalue weighted by molar-refractivity contribution is 5.69. The highest BCUT2D eigenvalue weighted by atomic mass is 16.5. The van der Waals surface area contributed by atoms with Gasteiger partial charge in [0, 0.05) is 19.1 Å². The zero-order valence-electron chi connectivity index (χ0n) is 12.2. The van der Waals surface area contributed by atoms with Crippen LogP contribution in [0.3, 0.4) is 0 Å². The fourth-order valence-electron chi connectivity index (χ4n) is 2.79. The van der Waals surface area contributed by atoms with Gasteiger partial charge >= 0.3 is 5.97 Å². The minimum Gasteiger partial charge on any atom is -0.466 e. The molecule has 1 rings (SSSR count). The lowest BCUT2D eigenvalue weighted by Crippen LogP contribution is -2.40. The second-order valence-electron chi connectivity index (χ2n) is 5.40. The van der Waals surface area contributed by atoms with Crippen molar-refractivity contribution in [1.29, 1.82) is 0 Å². The number of nitrogens with one attached hydrogen (secondary N) is 1. The third-order valence-corrected chi connectivity index (χ3v) is 3.91. The molecule has 0 amide bonds. The number of carbonyl (C=O) groups excluding carboxylic acids is 1. The number of hydrogen-bond donors (Lipinski definition) is 2. The van der Waals surface area contributed by atoms with E-state index < -0.39 is 0 Å². The first-order valence-electron chi connectivity index (χ1n) is 7.77. The van der Waals surface area contributed by atoms with E-state index in [1.165, 1.54) is 19.3 Å². The maximum atomic E-state index is 11.1. The number of unbranched alkanes of at least 4 members (excludes halogenated alkanes) is 2. The number of hydrogen-bond acceptors (Lipinski definition) is 4. The number of carbonyl (C=O) groups is 1. The van der Waals surface area contributed by atoms with Crippen LogP contribution in [0.15, 0.2) is 0 Å². The van der Waals surface area contributed by atoms with Crippen LogP contribution < -0.4 is 5.32 Å². The quantitative estimate of drug-likeness (QED) is 0.499. The number of aliphatic hydroxyl groups is 1. The van der Waals surface area contributed by atoms with Crippen molar-refractivity contribution in [3.05, 3.63) is 0 Å². The van der Waals surface area contributed by atoms with Gasteiger partial charge in [0.25, 0.3) is 0 Å². The molecule has 19 heavy (non-hydrogen) atoms. The zero-order chi connectivity index (χ0) is 13.9. The molecule has 0 aromatic carbocycles. The molecule has 1 fully saturated rings. The SMILES string of the molecule is CCOC(=O)CCCCCNC1CCCCC1CO. The summed E-state index contributed by atoms with van der Waals surface area (Å²) in [4.78, 5) is 11.1. The monoisotopic (exact) mass is 271 g/mol. The Morgan fingerprint density at radius 2 is 2.05 bits per heavy atom. The molecule has 2 unspecified atom stereocenters. The van der Waals surface area contributed by atoms with Gasteiger partial charge in [-0.25, -0.2) is 0 Å². The highest BCUT2D eigenvalue weighted by Crippen LogP contribution is 2.23. The Labute approximate surface area is 116 Å². The highest BCUT2D eigenvalue weighted by Gasteiger charge is 2.23. The minimum absolute atomic E-state index is 0.0805.